The second-order valence-electron chi connectivity index (χ2n) is 4.45. The van der Waals surface area contributed by atoms with Crippen molar-refractivity contribution >= 4 is 34.9 Å². The van der Waals surface area contributed by atoms with Crippen LogP contribution in [0.25, 0.3) is 0 Å². The van der Waals surface area contributed by atoms with Gasteiger partial charge in [0.25, 0.3) is 0 Å². The highest BCUT2D eigenvalue weighted by atomic mass is 35.5. The van der Waals surface area contributed by atoms with Crippen LogP contribution < -0.4 is 15.4 Å². The number of aromatic hydroxyl groups is 1. The molecule has 0 aliphatic heterocycles. The molecular weight excluding hydrogens is 327 g/mol. The van der Waals surface area contributed by atoms with Gasteiger partial charge in [-0.25, -0.2) is 4.79 Å². The van der Waals surface area contributed by atoms with E-state index in [0.29, 0.717) is 21.5 Å². The number of benzene rings is 2. The van der Waals surface area contributed by atoms with Crippen LogP contribution in [-0.4, -0.2) is 17.4 Å². The highest BCUT2D eigenvalue weighted by Gasteiger charge is 2.12. The van der Waals surface area contributed by atoms with E-state index in [9.17, 15) is 9.90 Å². The number of halogens is 2. The summed E-state index contributed by atoms with van der Waals surface area (Å²) in [5.74, 6) is 0.653. The Morgan fingerprint density at radius 1 is 1.14 bits per heavy atom. The first-order valence-electron chi connectivity index (χ1n) is 6.43. The zero-order valence-electron chi connectivity index (χ0n) is 11.6. The lowest BCUT2D eigenvalue weighted by Crippen LogP contribution is -2.39. The van der Waals surface area contributed by atoms with Crippen molar-refractivity contribution in [1.29, 1.82) is 0 Å². The highest BCUT2D eigenvalue weighted by Crippen LogP contribution is 2.29. The number of hydrogen-bond acceptors (Lipinski definition) is 3. The second kappa shape index (κ2) is 7.24. The average Bonchev–Trinajstić information content (AvgIpc) is 2.45. The van der Waals surface area contributed by atoms with E-state index in [1.807, 2.05) is 0 Å². The number of ether oxygens (including phenoxy) is 1. The predicted octanol–water partition coefficient (Wildman–Crippen LogP) is 4.25. The number of phenolic OH excluding ortho intramolecular Hbond substituents is 1. The molecule has 22 heavy (non-hydrogen) atoms. The van der Waals surface area contributed by atoms with Gasteiger partial charge in [-0.3, -0.25) is 0 Å². The molecule has 0 spiro atoms. The molecule has 0 saturated carbocycles. The third kappa shape index (κ3) is 4.44. The van der Waals surface area contributed by atoms with Gasteiger partial charge in [0.05, 0.1) is 15.7 Å². The van der Waals surface area contributed by atoms with Gasteiger partial charge in [-0.15, -0.1) is 0 Å². The van der Waals surface area contributed by atoms with Crippen LogP contribution in [0.1, 0.15) is 6.92 Å². The monoisotopic (exact) mass is 340 g/mol. The van der Waals surface area contributed by atoms with Crippen molar-refractivity contribution in [3.8, 4) is 11.5 Å². The van der Waals surface area contributed by atoms with Crippen molar-refractivity contribution in [2.24, 2.45) is 0 Å². The van der Waals surface area contributed by atoms with E-state index in [2.05, 4.69) is 10.6 Å². The molecule has 0 saturated heterocycles. The summed E-state index contributed by atoms with van der Waals surface area (Å²) in [6, 6.07) is 10.6. The fraction of sp³-hybridized carbons (Fsp3) is 0.133. The number of carbonyl (C=O) groups excluding carboxylic acids is 1. The lowest BCUT2D eigenvalue weighted by atomic mass is 10.3. The van der Waals surface area contributed by atoms with Crippen LogP contribution in [0.2, 0.25) is 10.0 Å². The average molecular weight is 341 g/mol. The summed E-state index contributed by atoms with van der Waals surface area (Å²) in [6.07, 6.45) is -0.592. The Bertz CT molecular complexity index is 642. The summed E-state index contributed by atoms with van der Waals surface area (Å²) in [5.41, 5.74) is 0.333. The third-order valence-electron chi connectivity index (χ3n) is 2.69. The topological polar surface area (TPSA) is 70.6 Å². The molecule has 0 fully saturated rings. The largest absolute Gasteiger partial charge is 0.508 e. The molecule has 2 aromatic carbocycles. The third-order valence-corrected chi connectivity index (χ3v) is 3.32. The second-order valence-corrected chi connectivity index (χ2v) is 5.26. The molecule has 7 heteroatoms. The SMILES string of the molecule is CC(NC(=O)Nc1c(Cl)cccc1Cl)Oc1ccc(O)cc1. The summed E-state index contributed by atoms with van der Waals surface area (Å²) >= 11 is 11.9. The zero-order valence-corrected chi connectivity index (χ0v) is 13.2. The van der Waals surface area contributed by atoms with Crippen molar-refractivity contribution in [3.63, 3.8) is 0 Å². The van der Waals surface area contributed by atoms with Crippen LogP contribution in [0.3, 0.4) is 0 Å². The van der Waals surface area contributed by atoms with Gasteiger partial charge in [0.15, 0.2) is 6.23 Å². The number of anilines is 1. The lowest BCUT2D eigenvalue weighted by Gasteiger charge is -2.17. The normalized spacial score (nSPS) is 11.6. The van der Waals surface area contributed by atoms with E-state index in [4.69, 9.17) is 27.9 Å². The molecule has 5 nitrogen and oxygen atoms in total. The standard InChI is InChI=1S/C15H14Cl2N2O3/c1-9(22-11-7-5-10(20)6-8-11)18-15(21)19-14-12(16)3-2-4-13(14)17/h2-9,20H,1H3,(H2,18,19,21). The molecule has 0 aliphatic rings. The van der Waals surface area contributed by atoms with Gasteiger partial charge in [0.1, 0.15) is 11.5 Å². The highest BCUT2D eigenvalue weighted by molar-refractivity contribution is 6.39. The van der Waals surface area contributed by atoms with Crippen LogP contribution >= 0.6 is 23.2 Å². The molecule has 116 valence electrons. The smallest absolute Gasteiger partial charge is 0.322 e. The molecule has 2 rings (SSSR count). The lowest BCUT2D eigenvalue weighted by molar-refractivity contribution is 0.183. The van der Waals surface area contributed by atoms with Crippen molar-refractivity contribution in [1.82, 2.24) is 5.32 Å². The molecule has 0 aromatic heterocycles. The van der Waals surface area contributed by atoms with Crippen LogP contribution in [-0.2, 0) is 0 Å². The molecule has 0 heterocycles. The maximum Gasteiger partial charge on any atom is 0.322 e. The maximum absolute atomic E-state index is 11.9. The molecule has 2 amide bonds. The van der Waals surface area contributed by atoms with E-state index in [1.54, 1.807) is 37.3 Å². The van der Waals surface area contributed by atoms with Gasteiger partial charge >= 0.3 is 6.03 Å². The fourth-order valence-electron chi connectivity index (χ4n) is 1.71. The van der Waals surface area contributed by atoms with E-state index in [0.717, 1.165) is 0 Å². The minimum absolute atomic E-state index is 0.138. The minimum Gasteiger partial charge on any atom is -0.508 e. The number of amides is 2. The Kier molecular flexibility index (Phi) is 5.35. The van der Waals surface area contributed by atoms with Crippen molar-refractivity contribution in [3.05, 3.63) is 52.5 Å². The van der Waals surface area contributed by atoms with E-state index in [-0.39, 0.29) is 5.75 Å². The maximum atomic E-state index is 11.9. The van der Waals surface area contributed by atoms with E-state index < -0.39 is 12.3 Å². The summed E-state index contributed by atoms with van der Waals surface area (Å²) in [5, 5.41) is 15.0. The quantitative estimate of drug-likeness (QED) is 0.728. The molecule has 1 atom stereocenters. The number of phenols is 1. The first kappa shape index (κ1) is 16.3. The van der Waals surface area contributed by atoms with Crippen LogP contribution in [0.15, 0.2) is 42.5 Å². The van der Waals surface area contributed by atoms with Crippen molar-refractivity contribution in [2.75, 3.05) is 5.32 Å². The molecule has 0 bridgehead atoms. The Morgan fingerprint density at radius 2 is 1.73 bits per heavy atom. The van der Waals surface area contributed by atoms with Crippen LogP contribution in [0.5, 0.6) is 11.5 Å². The van der Waals surface area contributed by atoms with Gasteiger partial charge in [-0.05, 0) is 43.3 Å². The number of carbonyl (C=O) groups is 1. The van der Waals surface area contributed by atoms with Gasteiger partial charge in [0, 0.05) is 0 Å². The van der Waals surface area contributed by atoms with Gasteiger partial charge in [-0.2, -0.15) is 0 Å². The fourth-order valence-corrected chi connectivity index (χ4v) is 2.20. The van der Waals surface area contributed by atoms with Gasteiger partial charge in [0.2, 0.25) is 0 Å². The number of rotatable bonds is 4. The zero-order chi connectivity index (χ0) is 16.1. The molecular formula is C15H14Cl2N2O3. The minimum atomic E-state index is -0.592. The Hall–Kier alpha value is -2.11. The summed E-state index contributed by atoms with van der Waals surface area (Å²) in [4.78, 5) is 11.9. The first-order chi connectivity index (χ1) is 10.5. The Labute approximate surface area is 137 Å². The van der Waals surface area contributed by atoms with Crippen LogP contribution in [0, 0.1) is 0 Å². The van der Waals surface area contributed by atoms with Crippen LogP contribution in [0.4, 0.5) is 10.5 Å². The summed E-state index contributed by atoms with van der Waals surface area (Å²) in [6.45, 7) is 1.67. The number of hydrogen-bond donors (Lipinski definition) is 3. The molecule has 3 N–H and O–H groups in total. The molecule has 0 radical (unpaired) electrons. The number of para-hydroxylation sites is 1. The Morgan fingerprint density at radius 3 is 2.32 bits per heavy atom. The predicted molar refractivity (Wildman–Crippen MR) is 86.8 cm³/mol. The van der Waals surface area contributed by atoms with Crippen molar-refractivity contribution < 1.29 is 14.6 Å². The Balaban J connectivity index is 1.92. The van der Waals surface area contributed by atoms with Crippen molar-refractivity contribution in [2.45, 2.75) is 13.2 Å². The van der Waals surface area contributed by atoms with E-state index >= 15 is 0 Å². The molecule has 2 aromatic rings. The van der Waals surface area contributed by atoms with Gasteiger partial charge < -0.3 is 20.5 Å². The van der Waals surface area contributed by atoms with Gasteiger partial charge in [-0.1, -0.05) is 29.3 Å². The molecule has 0 aliphatic carbocycles. The number of urea groups is 1. The summed E-state index contributed by atoms with van der Waals surface area (Å²) < 4.78 is 5.49. The first-order valence-corrected chi connectivity index (χ1v) is 7.18. The van der Waals surface area contributed by atoms with E-state index in [1.165, 1.54) is 12.1 Å². The molecule has 1 unspecified atom stereocenters. The number of nitrogens with one attached hydrogen (secondary N) is 2. The summed E-state index contributed by atoms with van der Waals surface area (Å²) in [7, 11) is 0.